The van der Waals surface area contributed by atoms with Gasteiger partial charge >= 0.3 is 0 Å². The van der Waals surface area contributed by atoms with E-state index in [0.29, 0.717) is 11.2 Å². The SMILES string of the molecule is CC(C)n1cnc2c(=O)n(C)cnc21. The van der Waals surface area contributed by atoms with Crippen molar-refractivity contribution in [3.05, 3.63) is 23.0 Å². The van der Waals surface area contributed by atoms with Crippen LogP contribution >= 0.6 is 0 Å². The molecule has 0 amide bonds. The van der Waals surface area contributed by atoms with E-state index >= 15 is 0 Å². The van der Waals surface area contributed by atoms with E-state index in [-0.39, 0.29) is 11.6 Å². The zero-order chi connectivity index (χ0) is 10.3. The Morgan fingerprint density at radius 2 is 2.00 bits per heavy atom. The van der Waals surface area contributed by atoms with Crippen molar-refractivity contribution < 1.29 is 0 Å². The maximum absolute atomic E-state index is 11.6. The van der Waals surface area contributed by atoms with Crippen molar-refractivity contribution in [2.24, 2.45) is 7.05 Å². The Labute approximate surface area is 81.0 Å². The Morgan fingerprint density at radius 3 is 2.64 bits per heavy atom. The predicted octanol–water partition coefficient (Wildman–Crippen LogP) is 0.711. The maximum atomic E-state index is 11.6. The molecule has 0 aliphatic carbocycles. The second kappa shape index (κ2) is 2.94. The largest absolute Gasteiger partial charge is 0.313 e. The van der Waals surface area contributed by atoms with Crippen molar-refractivity contribution in [1.82, 2.24) is 19.1 Å². The van der Waals surface area contributed by atoms with Gasteiger partial charge in [0.05, 0.1) is 12.7 Å². The molecule has 2 aromatic rings. The number of hydrogen-bond donors (Lipinski definition) is 0. The van der Waals surface area contributed by atoms with E-state index in [2.05, 4.69) is 9.97 Å². The summed E-state index contributed by atoms with van der Waals surface area (Å²) < 4.78 is 3.32. The molecule has 0 aliphatic rings. The van der Waals surface area contributed by atoms with Gasteiger partial charge in [0.1, 0.15) is 0 Å². The van der Waals surface area contributed by atoms with E-state index in [1.54, 1.807) is 13.4 Å². The molecule has 0 radical (unpaired) electrons. The van der Waals surface area contributed by atoms with Crippen LogP contribution in [0.2, 0.25) is 0 Å². The fraction of sp³-hybridized carbons (Fsp3) is 0.444. The Morgan fingerprint density at radius 1 is 1.29 bits per heavy atom. The summed E-state index contributed by atoms with van der Waals surface area (Å²) >= 11 is 0. The first kappa shape index (κ1) is 8.93. The van der Waals surface area contributed by atoms with Crippen LogP contribution in [0.3, 0.4) is 0 Å². The molecule has 2 aromatic heterocycles. The average molecular weight is 192 g/mol. The Hall–Kier alpha value is -1.65. The van der Waals surface area contributed by atoms with E-state index in [0.717, 1.165) is 0 Å². The van der Waals surface area contributed by atoms with Crippen LogP contribution in [-0.4, -0.2) is 19.1 Å². The molecule has 0 aromatic carbocycles. The summed E-state index contributed by atoms with van der Waals surface area (Å²) in [5.41, 5.74) is 0.987. The molecule has 2 heterocycles. The molecule has 5 heteroatoms. The first-order valence-corrected chi connectivity index (χ1v) is 4.49. The molecule has 0 N–H and O–H groups in total. The van der Waals surface area contributed by atoms with Gasteiger partial charge in [0.15, 0.2) is 11.2 Å². The molecule has 0 saturated carbocycles. The van der Waals surface area contributed by atoms with Gasteiger partial charge in [0, 0.05) is 13.1 Å². The first-order chi connectivity index (χ1) is 6.61. The van der Waals surface area contributed by atoms with Crippen LogP contribution in [0.4, 0.5) is 0 Å². The van der Waals surface area contributed by atoms with Gasteiger partial charge in [-0.05, 0) is 13.8 Å². The van der Waals surface area contributed by atoms with Crippen molar-refractivity contribution in [2.45, 2.75) is 19.9 Å². The summed E-state index contributed by atoms with van der Waals surface area (Å²) in [5.74, 6) is 0. The summed E-state index contributed by atoms with van der Waals surface area (Å²) in [4.78, 5) is 19.9. The molecule has 5 nitrogen and oxygen atoms in total. The monoisotopic (exact) mass is 192 g/mol. The van der Waals surface area contributed by atoms with Gasteiger partial charge < -0.3 is 9.13 Å². The van der Waals surface area contributed by atoms with E-state index in [1.165, 1.54) is 10.9 Å². The highest BCUT2D eigenvalue weighted by molar-refractivity contribution is 5.69. The number of hydrogen-bond acceptors (Lipinski definition) is 3. The number of aromatic nitrogens is 4. The van der Waals surface area contributed by atoms with Crippen LogP contribution < -0.4 is 5.56 Å². The zero-order valence-corrected chi connectivity index (χ0v) is 8.43. The van der Waals surface area contributed by atoms with Gasteiger partial charge in [0.2, 0.25) is 0 Å². The van der Waals surface area contributed by atoms with Gasteiger partial charge in [0.25, 0.3) is 5.56 Å². The molecular weight excluding hydrogens is 180 g/mol. The molecule has 74 valence electrons. The lowest BCUT2D eigenvalue weighted by molar-refractivity contribution is 0.611. The lowest BCUT2D eigenvalue weighted by atomic mass is 10.4. The van der Waals surface area contributed by atoms with E-state index in [4.69, 9.17) is 0 Å². The number of rotatable bonds is 1. The molecule has 0 bridgehead atoms. The van der Waals surface area contributed by atoms with Crippen LogP contribution in [0.15, 0.2) is 17.4 Å². The topological polar surface area (TPSA) is 52.7 Å². The highest BCUT2D eigenvalue weighted by Gasteiger charge is 2.09. The number of fused-ring (bicyclic) bond motifs is 1. The minimum atomic E-state index is -0.102. The molecule has 0 spiro atoms. The van der Waals surface area contributed by atoms with Gasteiger partial charge in [-0.15, -0.1) is 0 Å². The molecule has 14 heavy (non-hydrogen) atoms. The predicted molar refractivity (Wildman–Crippen MR) is 53.2 cm³/mol. The van der Waals surface area contributed by atoms with Crippen LogP contribution in [0, 0.1) is 0 Å². The molecular formula is C9H12N4O. The number of aryl methyl sites for hydroxylation is 1. The first-order valence-electron chi connectivity index (χ1n) is 4.49. The quantitative estimate of drug-likeness (QED) is 0.668. The Kier molecular flexibility index (Phi) is 1.87. The summed E-state index contributed by atoms with van der Waals surface area (Å²) in [6.07, 6.45) is 3.18. The summed E-state index contributed by atoms with van der Waals surface area (Å²) in [6.45, 7) is 4.06. The smallest absolute Gasteiger partial charge is 0.281 e. The molecule has 0 saturated heterocycles. The third-order valence-corrected chi connectivity index (χ3v) is 2.20. The molecule has 0 fully saturated rings. The number of nitrogens with zero attached hydrogens (tertiary/aromatic N) is 4. The highest BCUT2D eigenvalue weighted by Crippen LogP contribution is 2.11. The third-order valence-electron chi connectivity index (χ3n) is 2.20. The standard InChI is InChI=1S/C9H12N4O/c1-6(2)13-5-10-7-8(13)11-4-12(3)9(7)14/h4-6H,1-3H3. The molecule has 0 unspecified atom stereocenters. The van der Waals surface area contributed by atoms with Gasteiger partial charge in [-0.25, -0.2) is 9.97 Å². The lowest BCUT2D eigenvalue weighted by Crippen LogP contribution is -2.17. The summed E-state index contributed by atoms with van der Waals surface area (Å²) in [5, 5.41) is 0. The van der Waals surface area contributed by atoms with Crippen molar-refractivity contribution >= 4 is 11.2 Å². The normalized spacial score (nSPS) is 11.4. The second-order valence-electron chi connectivity index (χ2n) is 3.58. The molecule has 0 aliphatic heterocycles. The maximum Gasteiger partial charge on any atom is 0.281 e. The average Bonchev–Trinajstić information content (AvgIpc) is 2.55. The van der Waals surface area contributed by atoms with Gasteiger partial charge in [-0.2, -0.15) is 0 Å². The summed E-state index contributed by atoms with van der Waals surface area (Å²) in [7, 11) is 1.67. The minimum absolute atomic E-state index is 0.102. The lowest BCUT2D eigenvalue weighted by Gasteiger charge is -2.06. The highest BCUT2D eigenvalue weighted by atomic mass is 16.1. The zero-order valence-electron chi connectivity index (χ0n) is 8.43. The van der Waals surface area contributed by atoms with E-state index in [9.17, 15) is 4.79 Å². The molecule has 0 atom stereocenters. The Bertz CT molecular complexity index is 523. The second-order valence-corrected chi connectivity index (χ2v) is 3.58. The van der Waals surface area contributed by atoms with Crippen molar-refractivity contribution in [3.8, 4) is 0 Å². The van der Waals surface area contributed by atoms with Crippen LogP contribution in [0.25, 0.3) is 11.2 Å². The summed E-state index contributed by atoms with van der Waals surface area (Å²) in [6, 6.07) is 0.264. The van der Waals surface area contributed by atoms with E-state index < -0.39 is 0 Å². The van der Waals surface area contributed by atoms with Gasteiger partial charge in [-0.3, -0.25) is 4.79 Å². The van der Waals surface area contributed by atoms with Crippen LogP contribution in [0.5, 0.6) is 0 Å². The van der Waals surface area contributed by atoms with Crippen LogP contribution in [-0.2, 0) is 7.05 Å². The fourth-order valence-electron chi connectivity index (χ4n) is 1.37. The van der Waals surface area contributed by atoms with Crippen LogP contribution in [0.1, 0.15) is 19.9 Å². The molecule has 2 rings (SSSR count). The van der Waals surface area contributed by atoms with Crippen molar-refractivity contribution in [2.75, 3.05) is 0 Å². The third kappa shape index (κ3) is 1.13. The fourth-order valence-corrected chi connectivity index (χ4v) is 1.37. The Balaban J connectivity index is 2.84. The van der Waals surface area contributed by atoms with Crippen molar-refractivity contribution in [3.63, 3.8) is 0 Å². The van der Waals surface area contributed by atoms with E-state index in [1.807, 2.05) is 18.4 Å². The number of imidazole rings is 1. The van der Waals surface area contributed by atoms with Crippen molar-refractivity contribution in [1.29, 1.82) is 0 Å². The van der Waals surface area contributed by atoms with Gasteiger partial charge in [-0.1, -0.05) is 0 Å². The minimum Gasteiger partial charge on any atom is -0.313 e.